The summed E-state index contributed by atoms with van der Waals surface area (Å²) in [6.45, 7) is 1.96. The molecule has 0 radical (unpaired) electrons. The van der Waals surface area contributed by atoms with Crippen LogP contribution >= 0.6 is 0 Å². The Balaban J connectivity index is 2.07. The molecule has 20 heavy (non-hydrogen) atoms. The molecule has 2 aromatic rings. The monoisotopic (exact) mass is 276 g/mol. The zero-order valence-electron chi connectivity index (χ0n) is 10.7. The number of nitrogens with two attached hydrogens (primary N) is 1. The van der Waals surface area contributed by atoms with Gasteiger partial charge >= 0.3 is 0 Å². The summed E-state index contributed by atoms with van der Waals surface area (Å²) in [5, 5.41) is 2.55. The number of carbonyl (C=O) groups excluding carboxylic acids is 1. The van der Waals surface area contributed by atoms with Gasteiger partial charge in [0, 0.05) is 12.4 Å². The molecule has 8 heteroatoms. The molecule has 2 heterocycles. The summed E-state index contributed by atoms with van der Waals surface area (Å²) in [6.07, 6.45) is 4.43. The molecule has 0 aromatic carbocycles. The second-order valence-corrected chi connectivity index (χ2v) is 4.00. The van der Waals surface area contributed by atoms with Gasteiger partial charge in [0.15, 0.2) is 11.6 Å². The summed E-state index contributed by atoms with van der Waals surface area (Å²) in [7, 11) is 0. The van der Waals surface area contributed by atoms with E-state index in [2.05, 4.69) is 25.7 Å². The standard InChI is InChI=1S/C12H13FN6O/c1-7-4-17-8(5-16-7)6-18-12(20)9-2-3-15-11(19-14)10(9)13/h2-5H,6,14H2,1H3,(H,15,19)(H,18,20). The van der Waals surface area contributed by atoms with E-state index in [1.807, 2.05) is 6.92 Å². The average molecular weight is 276 g/mol. The minimum absolute atomic E-state index is 0.145. The van der Waals surface area contributed by atoms with Gasteiger partial charge in [-0.25, -0.2) is 15.2 Å². The van der Waals surface area contributed by atoms with Crippen LogP contribution in [0.4, 0.5) is 10.2 Å². The zero-order valence-corrected chi connectivity index (χ0v) is 10.7. The maximum atomic E-state index is 13.8. The normalized spacial score (nSPS) is 10.2. The molecular weight excluding hydrogens is 263 g/mol. The van der Waals surface area contributed by atoms with Crippen LogP contribution < -0.4 is 16.6 Å². The summed E-state index contributed by atoms with van der Waals surface area (Å²) >= 11 is 0. The first kappa shape index (κ1) is 13.8. The Hall–Kier alpha value is -2.61. The maximum Gasteiger partial charge on any atom is 0.254 e. The van der Waals surface area contributed by atoms with Gasteiger partial charge in [-0.15, -0.1) is 0 Å². The first-order chi connectivity index (χ1) is 9.61. The SMILES string of the molecule is Cc1cnc(CNC(=O)c2ccnc(NN)c2F)cn1. The molecule has 0 spiro atoms. The van der Waals surface area contributed by atoms with E-state index in [0.717, 1.165) is 5.69 Å². The van der Waals surface area contributed by atoms with Crippen molar-refractivity contribution in [3.8, 4) is 0 Å². The van der Waals surface area contributed by atoms with Gasteiger partial charge in [-0.1, -0.05) is 0 Å². The van der Waals surface area contributed by atoms with Gasteiger partial charge in [0.2, 0.25) is 0 Å². The highest BCUT2D eigenvalue weighted by atomic mass is 19.1. The topological polar surface area (TPSA) is 106 Å². The number of anilines is 1. The predicted molar refractivity (Wildman–Crippen MR) is 69.9 cm³/mol. The molecular formula is C12H13FN6O. The van der Waals surface area contributed by atoms with Gasteiger partial charge < -0.3 is 10.7 Å². The van der Waals surface area contributed by atoms with E-state index in [1.54, 1.807) is 12.4 Å². The highest BCUT2D eigenvalue weighted by Gasteiger charge is 2.15. The molecule has 0 saturated heterocycles. The smallest absolute Gasteiger partial charge is 0.254 e. The number of amides is 1. The molecule has 0 saturated carbocycles. The van der Waals surface area contributed by atoms with E-state index in [4.69, 9.17) is 5.84 Å². The molecule has 0 atom stereocenters. The lowest BCUT2D eigenvalue weighted by atomic mass is 10.2. The summed E-state index contributed by atoms with van der Waals surface area (Å²) < 4.78 is 13.8. The first-order valence-electron chi connectivity index (χ1n) is 5.78. The molecule has 4 N–H and O–H groups in total. The van der Waals surface area contributed by atoms with Crippen molar-refractivity contribution in [3.05, 3.63) is 47.4 Å². The number of rotatable bonds is 4. The van der Waals surface area contributed by atoms with Crippen LogP contribution in [0.3, 0.4) is 0 Å². The first-order valence-corrected chi connectivity index (χ1v) is 5.78. The van der Waals surface area contributed by atoms with Gasteiger partial charge in [0.1, 0.15) is 0 Å². The van der Waals surface area contributed by atoms with Crippen molar-refractivity contribution in [2.24, 2.45) is 5.84 Å². The number of aromatic nitrogens is 3. The number of hydrogen-bond acceptors (Lipinski definition) is 6. The van der Waals surface area contributed by atoms with E-state index >= 15 is 0 Å². The van der Waals surface area contributed by atoms with Crippen molar-refractivity contribution in [2.75, 3.05) is 5.43 Å². The minimum atomic E-state index is -0.803. The zero-order chi connectivity index (χ0) is 14.5. The van der Waals surface area contributed by atoms with Crippen LogP contribution in [-0.4, -0.2) is 20.9 Å². The highest BCUT2D eigenvalue weighted by Crippen LogP contribution is 2.13. The van der Waals surface area contributed by atoms with Crippen LogP contribution in [0.25, 0.3) is 0 Å². The molecule has 104 valence electrons. The molecule has 0 aliphatic heterocycles. The van der Waals surface area contributed by atoms with E-state index in [9.17, 15) is 9.18 Å². The van der Waals surface area contributed by atoms with E-state index < -0.39 is 11.7 Å². The Kier molecular flexibility index (Phi) is 4.16. The number of nitrogen functional groups attached to an aromatic ring is 1. The van der Waals surface area contributed by atoms with Crippen molar-refractivity contribution in [2.45, 2.75) is 13.5 Å². The Morgan fingerprint density at radius 2 is 2.15 bits per heavy atom. The second-order valence-electron chi connectivity index (χ2n) is 4.00. The number of pyridine rings is 1. The molecule has 0 unspecified atom stereocenters. The van der Waals surface area contributed by atoms with Crippen molar-refractivity contribution < 1.29 is 9.18 Å². The van der Waals surface area contributed by atoms with E-state index in [1.165, 1.54) is 12.3 Å². The minimum Gasteiger partial charge on any atom is -0.346 e. The third-order valence-corrected chi connectivity index (χ3v) is 2.54. The number of hydrazine groups is 1. The molecule has 0 bridgehead atoms. The van der Waals surface area contributed by atoms with Crippen molar-refractivity contribution >= 4 is 11.7 Å². The van der Waals surface area contributed by atoms with Crippen LogP contribution in [0.15, 0.2) is 24.7 Å². The highest BCUT2D eigenvalue weighted by molar-refractivity contribution is 5.95. The third-order valence-electron chi connectivity index (χ3n) is 2.54. The van der Waals surface area contributed by atoms with Gasteiger partial charge in [-0.05, 0) is 13.0 Å². The summed E-state index contributed by atoms with van der Waals surface area (Å²) in [6, 6.07) is 1.27. The number of hydrogen-bond donors (Lipinski definition) is 3. The van der Waals surface area contributed by atoms with Crippen molar-refractivity contribution in [1.29, 1.82) is 0 Å². The molecule has 0 aliphatic rings. The lowest BCUT2D eigenvalue weighted by molar-refractivity contribution is 0.0946. The van der Waals surface area contributed by atoms with Crippen LogP contribution in [0, 0.1) is 12.7 Å². The maximum absolute atomic E-state index is 13.8. The molecule has 0 aliphatic carbocycles. The Morgan fingerprint density at radius 3 is 2.80 bits per heavy atom. The van der Waals surface area contributed by atoms with Gasteiger partial charge in [0.05, 0.1) is 29.7 Å². The fourth-order valence-electron chi connectivity index (χ4n) is 1.50. The summed E-state index contributed by atoms with van der Waals surface area (Å²) in [5.74, 6) is 3.53. The van der Waals surface area contributed by atoms with Gasteiger partial charge in [-0.2, -0.15) is 0 Å². The van der Waals surface area contributed by atoms with E-state index in [-0.39, 0.29) is 17.9 Å². The molecule has 1 amide bonds. The number of nitrogens with one attached hydrogen (secondary N) is 2. The molecule has 2 aromatic heterocycles. The third kappa shape index (κ3) is 3.04. The quantitative estimate of drug-likeness (QED) is 0.556. The number of aryl methyl sites for hydroxylation is 1. The molecule has 0 fully saturated rings. The average Bonchev–Trinajstić information content (AvgIpc) is 2.46. The second kappa shape index (κ2) is 6.02. The number of carbonyl (C=O) groups is 1. The van der Waals surface area contributed by atoms with Crippen LogP contribution in [-0.2, 0) is 6.54 Å². The lowest BCUT2D eigenvalue weighted by Crippen LogP contribution is -2.25. The van der Waals surface area contributed by atoms with Crippen molar-refractivity contribution in [3.63, 3.8) is 0 Å². The summed E-state index contributed by atoms with van der Waals surface area (Å²) in [5.41, 5.74) is 3.29. The van der Waals surface area contributed by atoms with Crippen LogP contribution in [0.2, 0.25) is 0 Å². The fraction of sp³-hybridized carbons (Fsp3) is 0.167. The van der Waals surface area contributed by atoms with Crippen molar-refractivity contribution in [1.82, 2.24) is 20.3 Å². The molecule has 2 rings (SSSR count). The largest absolute Gasteiger partial charge is 0.346 e. The Bertz CT molecular complexity index is 616. The lowest BCUT2D eigenvalue weighted by Gasteiger charge is -2.07. The van der Waals surface area contributed by atoms with Gasteiger partial charge in [-0.3, -0.25) is 14.8 Å². The van der Waals surface area contributed by atoms with Gasteiger partial charge in [0.25, 0.3) is 5.91 Å². The predicted octanol–water partition coefficient (Wildman–Crippen LogP) is 0.535. The Morgan fingerprint density at radius 1 is 1.35 bits per heavy atom. The number of nitrogens with zero attached hydrogens (tertiary/aromatic N) is 3. The summed E-state index contributed by atoms with van der Waals surface area (Å²) in [4.78, 5) is 23.7. The molecule has 7 nitrogen and oxygen atoms in total. The fourth-order valence-corrected chi connectivity index (χ4v) is 1.50. The van der Waals surface area contributed by atoms with E-state index in [0.29, 0.717) is 5.69 Å². The van der Waals surface area contributed by atoms with Crippen LogP contribution in [0.1, 0.15) is 21.7 Å². The van der Waals surface area contributed by atoms with Crippen LogP contribution in [0.5, 0.6) is 0 Å². The Labute approximate surface area is 114 Å². The number of halogens is 1.